The van der Waals surface area contributed by atoms with E-state index in [0.717, 1.165) is 25.8 Å². The van der Waals surface area contributed by atoms with E-state index in [0.29, 0.717) is 17.3 Å². The first-order chi connectivity index (χ1) is 11.2. The Kier molecular flexibility index (Phi) is 4.96. The summed E-state index contributed by atoms with van der Waals surface area (Å²) in [6.07, 6.45) is 5.56. The molecule has 2 N–H and O–H groups in total. The van der Waals surface area contributed by atoms with Crippen LogP contribution in [-0.4, -0.2) is 23.4 Å². The maximum absolute atomic E-state index is 13.0. The molecule has 0 aliphatic heterocycles. The van der Waals surface area contributed by atoms with Crippen LogP contribution in [0.3, 0.4) is 0 Å². The van der Waals surface area contributed by atoms with Crippen LogP contribution in [-0.2, 0) is 6.42 Å². The summed E-state index contributed by atoms with van der Waals surface area (Å²) in [4.78, 5) is 15.0. The Morgan fingerprint density at radius 3 is 2.48 bits per heavy atom. The van der Waals surface area contributed by atoms with Gasteiger partial charge in [-0.1, -0.05) is 49.2 Å². The van der Waals surface area contributed by atoms with Crippen LogP contribution in [0.2, 0.25) is 0 Å². The van der Waals surface area contributed by atoms with Gasteiger partial charge < -0.3 is 10.6 Å². The van der Waals surface area contributed by atoms with Gasteiger partial charge in [0.15, 0.2) is 0 Å². The summed E-state index contributed by atoms with van der Waals surface area (Å²) in [6.45, 7) is 0.766. The molecule has 0 radical (unpaired) electrons. The summed E-state index contributed by atoms with van der Waals surface area (Å²) in [5, 5.41) is 0. The second-order valence-corrected chi connectivity index (χ2v) is 6.30. The van der Waals surface area contributed by atoms with Crippen molar-refractivity contribution in [1.82, 2.24) is 4.90 Å². The molecule has 1 aliphatic carbocycles. The molecule has 3 heteroatoms. The van der Waals surface area contributed by atoms with Gasteiger partial charge in [-0.15, -0.1) is 0 Å². The number of anilines is 1. The molecule has 1 amide bonds. The number of hydrogen-bond donors (Lipinski definition) is 1. The standard InChI is InChI=1S/C20H24N2O/c21-18-10-6-9-17(15-18)20(23)22(19-11-4-5-12-19)14-13-16-7-2-1-3-8-16/h1-3,6-10,15,19H,4-5,11-14,21H2. The van der Waals surface area contributed by atoms with E-state index in [-0.39, 0.29) is 5.91 Å². The fourth-order valence-corrected chi connectivity index (χ4v) is 3.40. The number of amides is 1. The lowest BCUT2D eigenvalue weighted by Crippen LogP contribution is -2.40. The maximum atomic E-state index is 13.0. The molecule has 0 heterocycles. The molecule has 1 fully saturated rings. The molecule has 0 unspecified atom stereocenters. The number of rotatable bonds is 5. The third-order valence-corrected chi connectivity index (χ3v) is 4.64. The van der Waals surface area contributed by atoms with Gasteiger partial charge in [-0.05, 0) is 43.0 Å². The highest BCUT2D eigenvalue weighted by molar-refractivity contribution is 5.95. The largest absolute Gasteiger partial charge is 0.399 e. The Morgan fingerprint density at radius 1 is 1.04 bits per heavy atom. The van der Waals surface area contributed by atoms with Crippen molar-refractivity contribution in [2.75, 3.05) is 12.3 Å². The van der Waals surface area contributed by atoms with Crippen LogP contribution in [0.1, 0.15) is 41.6 Å². The molecule has 3 rings (SSSR count). The first-order valence-corrected chi connectivity index (χ1v) is 8.44. The molecular formula is C20H24N2O. The lowest BCUT2D eigenvalue weighted by molar-refractivity contribution is 0.0684. The Hall–Kier alpha value is -2.29. The SMILES string of the molecule is Nc1cccc(C(=O)N(CCc2ccccc2)C2CCCC2)c1. The zero-order chi connectivity index (χ0) is 16.1. The van der Waals surface area contributed by atoms with E-state index in [9.17, 15) is 4.79 Å². The van der Waals surface area contributed by atoms with E-state index < -0.39 is 0 Å². The molecule has 120 valence electrons. The van der Waals surface area contributed by atoms with Gasteiger partial charge in [-0.2, -0.15) is 0 Å². The van der Waals surface area contributed by atoms with Crippen LogP contribution in [0.25, 0.3) is 0 Å². The van der Waals surface area contributed by atoms with Crippen LogP contribution < -0.4 is 5.73 Å². The van der Waals surface area contributed by atoms with E-state index in [2.05, 4.69) is 29.2 Å². The van der Waals surface area contributed by atoms with E-state index in [4.69, 9.17) is 5.73 Å². The lowest BCUT2D eigenvalue weighted by atomic mass is 10.1. The van der Waals surface area contributed by atoms with Crippen LogP contribution in [0, 0.1) is 0 Å². The van der Waals surface area contributed by atoms with Crippen molar-refractivity contribution in [3.63, 3.8) is 0 Å². The van der Waals surface area contributed by atoms with Gasteiger partial charge in [0.2, 0.25) is 0 Å². The number of carbonyl (C=O) groups excluding carboxylic acids is 1. The molecule has 0 aromatic heterocycles. The third-order valence-electron chi connectivity index (χ3n) is 4.64. The molecule has 2 aromatic carbocycles. The van der Waals surface area contributed by atoms with Crippen molar-refractivity contribution in [3.8, 4) is 0 Å². The highest BCUT2D eigenvalue weighted by Crippen LogP contribution is 2.25. The van der Waals surface area contributed by atoms with Crippen LogP contribution in [0.4, 0.5) is 5.69 Å². The van der Waals surface area contributed by atoms with E-state index in [1.165, 1.54) is 18.4 Å². The fourth-order valence-electron chi connectivity index (χ4n) is 3.40. The molecule has 0 bridgehead atoms. The smallest absolute Gasteiger partial charge is 0.254 e. The predicted molar refractivity (Wildman–Crippen MR) is 94.3 cm³/mol. The molecule has 2 aromatic rings. The molecule has 0 spiro atoms. The Morgan fingerprint density at radius 2 is 1.78 bits per heavy atom. The van der Waals surface area contributed by atoms with Crippen molar-refractivity contribution in [2.24, 2.45) is 0 Å². The molecular weight excluding hydrogens is 284 g/mol. The fraction of sp³-hybridized carbons (Fsp3) is 0.350. The number of hydrogen-bond acceptors (Lipinski definition) is 2. The van der Waals surface area contributed by atoms with Gasteiger partial charge in [0.1, 0.15) is 0 Å². The average molecular weight is 308 g/mol. The molecule has 1 aliphatic rings. The molecule has 0 atom stereocenters. The zero-order valence-electron chi connectivity index (χ0n) is 13.4. The topological polar surface area (TPSA) is 46.3 Å². The third kappa shape index (κ3) is 3.92. The number of nitrogen functional groups attached to an aromatic ring is 1. The number of carbonyl (C=O) groups is 1. The van der Waals surface area contributed by atoms with E-state index in [1.54, 1.807) is 6.07 Å². The average Bonchev–Trinajstić information content (AvgIpc) is 3.10. The summed E-state index contributed by atoms with van der Waals surface area (Å²) >= 11 is 0. The maximum Gasteiger partial charge on any atom is 0.254 e. The Bertz CT molecular complexity index is 648. The number of nitrogens with two attached hydrogens (primary N) is 1. The molecule has 1 saturated carbocycles. The lowest BCUT2D eigenvalue weighted by Gasteiger charge is -2.29. The summed E-state index contributed by atoms with van der Waals surface area (Å²) in [5.41, 5.74) is 8.46. The summed E-state index contributed by atoms with van der Waals surface area (Å²) in [5.74, 6) is 0.111. The van der Waals surface area contributed by atoms with Crippen LogP contribution in [0.5, 0.6) is 0 Å². The van der Waals surface area contributed by atoms with Crippen molar-refractivity contribution in [1.29, 1.82) is 0 Å². The summed E-state index contributed by atoms with van der Waals surface area (Å²) in [6, 6.07) is 18.1. The Labute approximate surface area is 138 Å². The highest BCUT2D eigenvalue weighted by Gasteiger charge is 2.27. The summed E-state index contributed by atoms with van der Waals surface area (Å²) < 4.78 is 0. The normalized spacial score (nSPS) is 14.8. The van der Waals surface area contributed by atoms with Crippen molar-refractivity contribution in [3.05, 3.63) is 65.7 Å². The molecule has 3 nitrogen and oxygen atoms in total. The van der Waals surface area contributed by atoms with Gasteiger partial charge in [-0.25, -0.2) is 0 Å². The summed E-state index contributed by atoms with van der Waals surface area (Å²) in [7, 11) is 0. The van der Waals surface area contributed by atoms with Crippen LogP contribution in [0.15, 0.2) is 54.6 Å². The van der Waals surface area contributed by atoms with Gasteiger partial charge in [0.05, 0.1) is 0 Å². The minimum atomic E-state index is 0.111. The molecule has 23 heavy (non-hydrogen) atoms. The predicted octanol–water partition coefficient (Wildman–Crippen LogP) is 3.90. The van der Waals surface area contributed by atoms with Gasteiger partial charge in [0, 0.05) is 23.8 Å². The van der Waals surface area contributed by atoms with Crippen molar-refractivity contribution < 1.29 is 4.79 Å². The quantitative estimate of drug-likeness (QED) is 0.852. The Balaban J connectivity index is 1.76. The van der Waals surface area contributed by atoms with Gasteiger partial charge >= 0.3 is 0 Å². The minimum absolute atomic E-state index is 0.111. The zero-order valence-corrected chi connectivity index (χ0v) is 13.4. The molecule has 0 saturated heterocycles. The van der Waals surface area contributed by atoms with Gasteiger partial charge in [0.25, 0.3) is 5.91 Å². The van der Waals surface area contributed by atoms with E-state index in [1.807, 2.05) is 24.3 Å². The second-order valence-electron chi connectivity index (χ2n) is 6.30. The number of nitrogens with zero attached hydrogens (tertiary/aromatic N) is 1. The monoisotopic (exact) mass is 308 g/mol. The number of benzene rings is 2. The van der Waals surface area contributed by atoms with Crippen LogP contribution >= 0.6 is 0 Å². The highest BCUT2D eigenvalue weighted by atomic mass is 16.2. The van der Waals surface area contributed by atoms with Crippen molar-refractivity contribution >= 4 is 11.6 Å². The van der Waals surface area contributed by atoms with E-state index >= 15 is 0 Å². The minimum Gasteiger partial charge on any atom is -0.399 e. The first-order valence-electron chi connectivity index (χ1n) is 8.44. The van der Waals surface area contributed by atoms with Gasteiger partial charge in [-0.3, -0.25) is 4.79 Å². The van der Waals surface area contributed by atoms with Crippen molar-refractivity contribution in [2.45, 2.75) is 38.1 Å². The first kappa shape index (κ1) is 15.6. The second kappa shape index (κ2) is 7.32.